The summed E-state index contributed by atoms with van der Waals surface area (Å²) in [7, 11) is 1.79. The van der Waals surface area contributed by atoms with Crippen LogP contribution >= 0.6 is 0 Å². The zero-order valence-electron chi connectivity index (χ0n) is 9.78. The molecule has 0 bridgehead atoms. The Balaban J connectivity index is 2.18. The predicted molar refractivity (Wildman–Crippen MR) is 60.5 cm³/mol. The molecule has 0 radical (unpaired) electrons. The maximum atomic E-state index is 12.3. The highest BCUT2D eigenvalue weighted by Crippen LogP contribution is 2.28. The largest absolute Gasteiger partial charge is 0.433 e. The van der Waals surface area contributed by atoms with Crippen LogP contribution in [0, 0.1) is 6.92 Å². The van der Waals surface area contributed by atoms with E-state index in [1.165, 1.54) is 6.07 Å². The number of aromatic nitrogens is 3. The third-order valence-electron chi connectivity index (χ3n) is 2.31. The number of rotatable bonds is 2. The second-order valence-corrected chi connectivity index (χ2v) is 3.87. The lowest BCUT2D eigenvalue weighted by molar-refractivity contribution is -0.141. The van der Waals surface area contributed by atoms with E-state index in [0.717, 1.165) is 18.0 Å². The van der Waals surface area contributed by atoms with Crippen molar-refractivity contribution in [3.63, 3.8) is 0 Å². The summed E-state index contributed by atoms with van der Waals surface area (Å²) < 4.78 is 38.7. The van der Waals surface area contributed by atoms with Gasteiger partial charge >= 0.3 is 6.18 Å². The minimum absolute atomic E-state index is 0.455. The number of nitrogens with one attached hydrogen (secondary N) is 1. The van der Waals surface area contributed by atoms with Crippen LogP contribution in [0.1, 0.15) is 11.4 Å². The molecule has 2 heterocycles. The number of hydrogen-bond acceptors (Lipinski definition) is 3. The minimum atomic E-state index is -4.42. The molecular formula is C11H11F3N4. The van der Waals surface area contributed by atoms with Gasteiger partial charge in [-0.2, -0.15) is 13.2 Å². The summed E-state index contributed by atoms with van der Waals surface area (Å²) in [5.41, 5.74) is 0.362. The van der Waals surface area contributed by atoms with Crippen LogP contribution in [0.15, 0.2) is 24.5 Å². The lowest BCUT2D eigenvalue weighted by Crippen LogP contribution is -2.08. The first-order valence-corrected chi connectivity index (χ1v) is 5.16. The van der Waals surface area contributed by atoms with Crippen molar-refractivity contribution in [3.05, 3.63) is 35.9 Å². The molecule has 96 valence electrons. The summed E-state index contributed by atoms with van der Waals surface area (Å²) in [6.45, 7) is 1.83. The highest BCUT2D eigenvalue weighted by atomic mass is 19.4. The van der Waals surface area contributed by atoms with E-state index in [9.17, 15) is 13.2 Å². The molecule has 0 unspecified atom stereocenters. The summed E-state index contributed by atoms with van der Waals surface area (Å²) in [5.74, 6) is 0.550. The molecule has 0 aliphatic carbocycles. The number of imidazole rings is 1. The van der Waals surface area contributed by atoms with E-state index in [4.69, 9.17) is 0 Å². The molecule has 0 aromatic carbocycles. The molecule has 0 aliphatic heterocycles. The Morgan fingerprint density at radius 1 is 1.28 bits per heavy atom. The van der Waals surface area contributed by atoms with Gasteiger partial charge in [0.05, 0.1) is 17.6 Å². The fraction of sp³-hybridized carbons (Fsp3) is 0.273. The van der Waals surface area contributed by atoms with Gasteiger partial charge in [-0.05, 0) is 19.1 Å². The third kappa shape index (κ3) is 2.61. The van der Waals surface area contributed by atoms with Gasteiger partial charge in [-0.1, -0.05) is 0 Å². The first kappa shape index (κ1) is 12.4. The molecule has 7 heteroatoms. The number of halogens is 3. The maximum absolute atomic E-state index is 12.3. The first-order chi connectivity index (χ1) is 8.36. The van der Waals surface area contributed by atoms with Crippen LogP contribution in [0.5, 0.6) is 0 Å². The van der Waals surface area contributed by atoms with Gasteiger partial charge in [0, 0.05) is 13.2 Å². The number of alkyl halides is 3. The average molecular weight is 256 g/mol. The van der Waals surface area contributed by atoms with Crippen LogP contribution in [0.25, 0.3) is 0 Å². The van der Waals surface area contributed by atoms with E-state index in [1.807, 2.05) is 6.92 Å². The van der Waals surface area contributed by atoms with Crippen LogP contribution in [0.4, 0.5) is 24.8 Å². The molecule has 0 saturated heterocycles. The van der Waals surface area contributed by atoms with Gasteiger partial charge in [-0.25, -0.2) is 9.97 Å². The normalized spacial score (nSPS) is 11.6. The maximum Gasteiger partial charge on any atom is 0.433 e. The topological polar surface area (TPSA) is 42.7 Å². The molecule has 4 nitrogen and oxygen atoms in total. The second kappa shape index (κ2) is 4.32. The molecule has 2 aromatic rings. The number of pyridine rings is 1. The zero-order chi connectivity index (χ0) is 13.3. The van der Waals surface area contributed by atoms with Crippen molar-refractivity contribution in [2.24, 2.45) is 7.05 Å². The van der Waals surface area contributed by atoms with Crippen molar-refractivity contribution in [2.45, 2.75) is 13.1 Å². The van der Waals surface area contributed by atoms with Crippen molar-refractivity contribution < 1.29 is 13.2 Å². The highest BCUT2D eigenvalue weighted by Gasteiger charge is 2.32. The van der Waals surface area contributed by atoms with Crippen LogP contribution in [0.2, 0.25) is 0 Å². The van der Waals surface area contributed by atoms with E-state index >= 15 is 0 Å². The number of hydrogen-bond donors (Lipinski definition) is 1. The van der Waals surface area contributed by atoms with Crippen molar-refractivity contribution in [1.29, 1.82) is 0 Å². The Morgan fingerprint density at radius 2 is 2.00 bits per heavy atom. The van der Waals surface area contributed by atoms with Gasteiger partial charge in [0.25, 0.3) is 0 Å². The molecule has 0 fully saturated rings. The lowest BCUT2D eigenvalue weighted by atomic mass is 10.3. The lowest BCUT2D eigenvalue weighted by Gasteiger charge is -2.08. The Hall–Kier alpha value is -2.05. The molecule has 0 aliphatic rings. The minimum Gasteiger partial charge on any atom is -0.324 e. The Kier molecular flexibility index (Phi) is 2.98. The van der Waals surface area contributed by atoms with Gasteiger partial charge in [0.15, 0.2) is 0 Å². The zero-order valence-corrected chi connectivity index (χ0v) is 9.78. The van der Waals surface area contributed by atoms with E-state index in [1.54, 1.807) is 17.8 Å². The Bertz CT molecular complexity index is 542. The Labute approximate surface area is 101 Å². The van der Waals surface area contributed by atoms with Gasteiger partial charge < -0.3 is 9.88 Å². The van der Waals surface area contributed by atoms with Crippen LogP contribution in [-0.4, -0.2) is 14.5 Å². The van der Waals surface area contributed by atoms with E-state index in [-0.39, 0.29) is 0 Å². The van der Waals surface area contributed by atoms with E-state index < -0.39 is 11.9 Å². The van der Waals surface area contributed by atoms with Gasteiger partial charge in [-0.15, -0.1) is 0 Å². The van der Waals surface area contributed by atoms with Crippen molar-refractivity contribution >= 4 is 11.6 Å². The SMILES string of the molecule is Cc1cn(C)c(Nc2ccc(C(F)(F)F)nc2)n1. The van der Waals surface area contributed by atoms with Crippen molar-refractivity contribution in [3.8, 4) is 0 Å². The molecule has 0 spiro atoms. The fourth-order valence-corrected chi connectivity index (χ4v) is 1.50. The standard InChI is InChI=1S/C11H11F3N4/c1-7-6-18(2)10(16-7)17-8-3-4-9(15-5-8)11(12,13)14/h3-6H,1-2H3,(H,16,17). The molecular weight excluding hydrogens is 245 g/mol. The van der Waals surface area contributed by atoms with Gasteiger partial charge in [0.1, 0.15) is 5.69 Å². The van der Waals surface area contributed by atoms with Crippen LogP contribution in [0.3, 0.4) is 0 Å². The third-order valence-corrected chi connectivity index (χ3v) is 2.31. The predicted octanol–water partition coefficient (Wildman–Crippen LogP) is 2.89. The van der Waals surface area contributed by atoms with E-state index in [2.05, 4.69) is 15.3 Å². The molecule has 2 aromatic heterocycles. The van der Waals surface area contributed by atoms with Crippen LogP contribution < -0.4 is 5.32 Å². The van der Waals surface area contributed by atoms with E-state index in [0.29, 0.717) is 11.6 Å². The molecule has 18 heavy (non-hydrogen) atoms. The summed E-state index contributed by atoms with van der Waals surface area (Å²) in [6, 6.07) is 2.25. The number of aryl methyl sites for hydroxylation is 2. The molecule has 0 atom stereocenters. The van der Waals surface area contributed by atoms with Crippen molar-refractivity contribution in [2.75, 3.05) is 5.32 Å². The highest BCUT2D eigenvalue weighted by molar-refractivity contribution is 5.52. The number of nitrogens with zero attached hydrogens (tertiary/aromatic N) is 3. The van der Waals surface area contributed by atoms with Crippen molar-refractivity contribution in [1.82, 2.24) is 14.5 Å². The summed E-state index contributed by atoms with van der Waals surface area (Å²) in [6.07, 6.45) is -1.48. The quantitative estimate of drug-likeness (QED) is 0.898. The smallest absolute Gasteiger partial charge is 0.324 e. The summed E-state index contributed by atoms with van der Waals surface area (Å²) in [5, 5.41) is 2.89. The first-order valence-electron chi connectivity index (χ1n) is 5.16. The summed E-state index contributed by atoms with van der Waals surface area (Å²) >= 11 is 0. The number of anilines is 2. The molecule has 1 N–H and O–H groups in total. The molecule has 0 amide bonds. The average Bonchev–Trinajstić information content (AvgIpc) is 2.57. The fourth-order valence-electron chi connectivity index (χ4n) is 1.50. The Morgan fingerprint density at radius 3 is 2.44 bits per heavy atom. The molecule has 2 rings (SSSR count). The van der Waals surface area contributed by atoms with Gasteiger partial charge in [0.2, 0.25) is 5.95 Å². The molecule has 0 saturated carbocycles. The summed E-state index contributed by atoms with van der Waals surface area (Å²) in [4.78, 5) is 7.54. The monoisotopic (exact) mass is 256 g/mol. The van der Waals surface area contributed by atoms with Crippen LogP contribution in [-0.2, 0) is 13.2 Å². The van der Waals surface area contributed by atoms with Gasteiger partial charge in [-0.3, -0.25) is 0 Å². The second-order valence-electron chi connectivity index (χ2n) is 3.87.